The Morgan fingerprint density at radius 1 is 1.35 bits per heavy atom. The van der Waals surface area contributed by atoms with Gasteiger partial charge in [-0.25, -0.2) is 24.0 Å². The highest BCUT2D eigenvalue weighted by molar-refractivity contribution is 5.93. The highest BCUT2D eigenvalue weighted by Gasteiger charge is 2.15. The van der Waals surface area contributed by atoms with Crippen molar-refractivity contribution in [3.63, 3.8) is 0 Å². The number of anilines is 1. The Morgan fingerprint density at radius 2 is 2.22 bits per heavy atom. The van der Waals surface area contributed by atoms with Crippen LogP contribution in [0.1, 0.15) is 6.92 Å². The van der Waals surface area contributed by atoms with Crippen LogP contribution in [0.25, 0.3) is 17.2 Å². The maximum absolute atomic E-state index is 13.1. The third-order valence-electron chi connectivity index (χ3n) is 2.90. The van der Waals surface area contributed by atoms with Crippen molar-refractivity contribution in [2.75, 3.05) is 5.32 Å². The second-order valence-corrected chi connectivity index (χ2v) is 4.62. The molecule has 0 spiro atoms. The average Bonchev–Trinajstić information content (AvgIpc) is 3.10. The fraction of sp³-hybridized carbons (Fsp3) is 0.143. The van der Waals surface area contributed by atoms with Gasteiger partial charge in [0.05, 0.1) is 0 Å². The van der Waals surface area contributed by atoms with Crippen molar-refractivity contribution in [3.8, 4) is 17.2 Å². The zero-order valence-corrected chi connectivity index (χ0v) is 12.1. The van der Waals surface area contributed by atoms with Crippen molar-refractivity contribution in [2.24, 2.45) is 0 Å². The molecular weight excluding hydrogens is 301 g/mol. The molecule has 0 saturated heterocycles. The normalized spacial score (nSPS) is 11.9. The fourth-order valence-electron chi connectivity index (χ4n) is 1.79. The van der Waals surface area contributed by atoms with Gasteiger partial charge in [0.25, 0.3) is 5.91 Å². The number of rotatable bonds is 4. The van der Waals surface area contributed by atoms with E-state index in [-0.39, 0.29) is 5.82 Å². The van der Waals surface area contributed by atoms with Gasteiger partial charge in [-0.3, -0.25) is 9.78 Å². The van der Waals surface area contributed by atoms with Crippen LogP contribution in [0.15, 0.2) is 43.2 Å². The third-order valence-corrected chi connectivity index (χ3v) is 2.90. The SMILES string of the molecule is CC(F)C(=O)Nc1cc(-n2cncn2)nc(-c2cccnc2)n1. The summed E-state index contributed by atoms with van der Waals surface area (Å²) in [6.07, 6.45) is 4.37. The minimum atomic E-state index is -1.65. The molecule has 0 aliphatic rings. The highest BCUT2D eigenvalue weighted by Crippen LogP contribution is 2.18. The number of carbonyl (C=O) groups excluding carboxylic acids is 1. The monoisotopic (exact) mass is 313 g/mol. The predicted octanol–water partition coefficient (Wildman–Crippen LogP) is 1.42. The van der Waals surface area contributed by atoms with Gasteiger partial charge in [-0.1, -0.05) is 0 Å². The first-order valence-electron chi connectivity index (χ1n) is 6.73. The van der Waals surface area contributed by atoms with Gasteiger partial charge in [0.2, 0.25) is 0 Å². The molecule has 1 N–H and O–H groups in total. The Hall–Kier alpha value is -3.23. The van der Waals surface area contributed by atoms with Crippen LogP contribution in [0.4, 0.5) is 10.2 Å². The first kappa shape index (κ1) is 14.7. The lowest BCUT2D eigenvalue weighted by Gasteiger charge is -2.09. The summed E-state index contributed by atoms with van der Waals surface area (Å²) < 4.78 is 14.5. The van der Waals surface area contributed by atoms with Crippen LogP contribution >= 0.6 is 0 Å². The standard InChI is InChI=1S/C14H12FN7O/c1-9(15)14(23)20-11-5-12(22-8-17-7-18-22)21-13(19-11)10-3-2-4-16-6-10/h2-9H,1H3,(H,19,20,21,23). The summed E-state index contributed by atoms with van der Waals surface area (Å²) in [6, 6.07) is 4.99. The van der Waals surface area contributed by atoms with Crippen molar-refractivity contribution in [1.82, 2.24) is 29.7 Å². The van der Waals surface area contributed by atoms with E-state index in [0.717, 1.165) is 6.92 Å². The minimum absolute atomic E-state index is 0.166. The molecule has 1 atom stereocenters. The van der Waals surface area contributed by atoms with Crippen LogP contribution in [0, 0.1) is 0 Å². The molecule has 0 aliphatic carbocycles. The number of amides is 1. The molecule has 9 heteroatoms. The molecule has 8 nitrogen and oxygen atoms in total. The van der Waals surface area contributed by atoms with Crippen molar-refractivity contribution >= 4 is 11.7 Å². The number of nitrogens with zero attached hydrogens (tertiary/aromatic N) is 6. The highest BCUT2D eigenvalue weighted by atomic mass is 19.1. The molecule has 116 valence electrons. The Labute approximate surface area is 130 Å². The Balaban J connectivity index is 2.05. The van der Waals surface area contributed by atoms with E-state index in [2.05, 4.69) is 30.4 Å². The molecule has 0 bridgehead atoms. The lowest BCUT2D eigenvalue weighted by Crippen LogP contribution is -2.22. The first-order valence-corrected chi connectivity index (χ1v) is 6.73. The Kier molecular flexibility index (Phi) is 4.00. The van der Waals surface area contributed by atoms with Gasteiger partial charge in [0.15, 0.2) is 17.8 Å². The Bertz CT molecular complexity index is 805. The van der Waals surface area contributed by atoms with Gasteiger partial charge >= 0.3 is 0 Å². The van der Waals surface area contributed by atoms with Gasteiger partial charge in [-0.2, -0.15) is 5.10 Å². The minimum Gasteiger partial charge on any atom is -0.308 e. The quantitative estimate of drug-likeness (QED) is 0.782. The average molecular weight is 313 g/mol. The number of nitrogens with one attached hydrogen (secondary N) is 1. The topological polar surface area (TPSA) is 98.5 Å². The smallest absolute Gasteiger partial charge is 0.259 e. The van der Waals surface area contributed by atoms with E-state index in [0.29, 0.717) is 17.2 Å². The summed E-state index contributed by atoms with van der Waals surface area (Å²) in [5.74, 6) is 0.0929. The van der Waals surface area contributed by atoms with E-state index in [1.54, 1.807) is 24.5 Å². The summed E-state index contributed by atoms with van der Waals surface area (Å²) >= 11 is 0. The van der Waals surface area contributed by atoms with E-state index in [1.807, 2.05) is 0 Å². The molecule has 0 aliphatic heterocycles. The van der Waals surface area contributed by atoms with Gasteiger partial charge < -0.3 is 5.32 Å². The zero-order chi connectivity index (χ0) is 16.2. The maximum atomic E-state index is 13.1. The maximum Gasteiger partial charge on any atom is 0.259 e. The number of halogens is 1. The Morgan fingerprint density at radius 3 is 2.87 bits per heavy atom. The summed E-state index contributed by atoms with van der Waals surface area (Å²) in [7, 11) is 0. The van der Waals surface area contributed by atoms with Crippen LogP contribution < -0.4 is 5.32 Å². The molecule has 0 saturated carbocycles. The first-order chi connectivity index (χ1) is 11.1. The molecule has 0 aromatic carbocycles. The molecule has 3 heterocycles. The van der Waals surface area contributed by atoms with Gasteiger partial charge in [0, 0.05) is 24.0 Å². The van der Waals surface area contributed by atoms with Crippen molar-refractivity contribution in [1.29, 1.82) is 0 Å². The summed E-state index contributed by atoms with van der Waals surface area (Å²) in [6.45, 7) is 1.15. The number of alkyl halides is 1. The van der Waals surface area contributed by atoms with Gasteiger partial charge in [-0.05, 0) is 19.1 Å². The summed E-state index contributed by atoms with van der Waals surface area (Å²) in [5, 5.41) is 6.40. The number of hydrogen-bond acceptors (Lipinski definition) is 6. The van der Waals surface area contributed by atoms with Crippen molar-refractivity contribution in [3.05, 3.63) is 43.2 Å². The lowest BCUT2D eigenvalue weighted by atomic mass is 10.2. The van der Waals surface area contributed by atoms with E-state index in [9.17, 15) is 9.18 Å². The molecule has 3 aromatic heterocycles. The molecule has 0 radical (unpaired) electrons. The van der Waals surface area contributed by atoms with Crippen LogP contribution in [-0.2, 0) is 4.79 Å². The van der Waals surface area contributed by atoms with E-state index in [4.69, 9.17) is 0 Å². The largest absolute Gasteiger partial charge is 0.308 e. The van der Waals surface area contributed by atoms with Crippen LogP contribution in [0.2, 0.25) is 0 Å². The molecule has 3 aromatic rings. The molecular formula is C14H12FN7O. The number of aromatic nitrogens is 6. The van der Waals surface area contributed by atoms with Crippen molar-refractivity contribution in [2.45, 2.75) is 13.1 Å². The van der Waals surface area contributed by atoms with Gasteiger partial charge in [0.1, 0.15) is 18.5 Å². The van der Waals surface area contributed by atoms with Crippen molar-refractivity contribution < 1.29 is 9.18 Å². The van der Waals surface area contributed by atoms with E-state index < -0.39 is 12.1 Å². The third kappa shape index (κ3) is 3.34. The molecule has 0 fully saturated rings. The molecule has 1 amide bonds. The molecule has 3 rings (SSSR count). The number of hydrogen-bond donors (Lipinski definition) is 1. The van der Waals surface area contributed by atoms with Gasteiger partial charge in [-0.15, -0.1) is 0 Å². The zero-order valence-electron chi connectivity index (χ0n) is 12.1. The molecule has 23 heavy (non-hydrogen) atoms. The summed E-state index contributed by atoms with van der Waals surface area (Å²) in [5.41, 5.74) is 0.651. The van der Waals surface area contributed by atoms with Crippen LogP contribution in [0.5, 0.6) is 0 Å². The predicted molar refractivity (Wildman–Crippen MR) is 79.4 cm³/mol. The number of carbonyl (C=O) groups is 1. The fourth-order valence-corrected chi connectivity index (χ4v) is 1.79. The number of pyridine rings is 1. The lowest BCUT2D eigenvalue weighted by molar-refractivity contribution is -0.120. The van der Waals surface area contributed by atoms with E-state index in [1.165, 1.54) is 23.4 Å². The second kappa shape index (κ2) is 6.26. The second-order valence-electron chi connectivity index (χ2n) is 4.62. The van der Waals surface area contributed by atoms with Crippen LogP contribution in [-0.4, -0.2) is 41.8 Å². The van der Waals surface area contributed by atoms with E-state index >= 15 is 0 Å². The summed E-state index contributed by atoms with van der Waals surface area (Å²) in [4.78, 5) is 28.0. The molecule has 1 unspecified atom stereocenters. The van der Waals surface area contributed by atoms with Crippen LogP contribution in [0.3, 0.4) is 0 Å².